The van der Waals surface area contributed by atoms with Gasteiger partial charge in [-0.2, -0.15) is 0 Å². The number of nitrogen functional groups attached to an aromatic ring is 1. The summed E-state index contributed by atoms with van der Waals surface area (Å²) in [6.07, 6.45) is -0.0626. The average molecular weight is 471 g/mol. The number of nitrogens with zero attached hydrogens (tertiary/aromatic N) is 2. The molecule has 0 aliphatic rings. The molecule has 3 aromatic rings. The molecule has 168 valence electrons. The van der Waals surface area contributed by atoms with Gasteiger partial charge in [-0.15, -0.1) is 0 Å². The van der Waals surface area contributed by atoms with Crippen molar-refractivity contribution in [1.29, 1.82) is 0 Å². The molecule has 0 amide bonds. The Bertz CT molecular complexity index is 1080. The number of halogens is 1. The lowest BCUT2D eigenvalue weighted by molar-refractivity contribution is -0.137. The summed E-state index contributed by atoms with van der Waals surface area (Å²) in [5, 5.41) is 11.6. The predicted octanol–water partition coefficient (Wildman–Crippen LogP) is 4.98. The van der Waals surface area contributed by atoms with Gasteiger partial charge in [0.25, 0.3) is 0 Å². The third kappa shape index (κ3) is 6.17. The molecule has 0 radical (unpaired) electrons. The van der Waals surface area contributed by atoms with Crippen molar-refractivity contribution in [1.82, 2.24) is 4.31 Å². The minimum atomic E-state index is -0.887. The van der Waals surface area contributed by atoms with Crippen LogP contribution in [0.4, 0.5) is 11.4 Å². The second kappa shape index (κ2) is 10.7. The van der Waals surface area contributed by atoms with Crippen LogP contribution in [-0.2, 0) is 11.3 Å². The Kier molecular flexibility index (Phi) is 8.04. The van der Waals surface area contributed by atoms with Gasteiger partial charge in [0.05, 0.1) is 17.8 Å². The van der Waals surface area contributed by atoms with Crippen molar-refractivity contribution < 1.29 is 9.90 Å². The second-order valence-corrected chi connectivity index (χ2v) is 9.31. The van der Waals surface area contributed by atoms with Crippen molar-refractivity contribution in [2.45, 2.75) is 23.8 Å². The van der Waals surface area contributed by atoms with E-state index in [9.17, 15) is 9.90 Å². The molecule has 32 heavy (non-hydrogen) atoms. The Morgan fingerprint density at radius 1 is 1.06 bits per heavy atom. The first kappa shape index (κ1) is 23.9. The van der Waals surface area contributed by atoms with Gasteiger partial charge >= 0.3 is 5.97 Å². The molecule has 0 heterocycles. The van der Waals surface area contributed by atoms with Crippen LogP contribution in [-0.4, -0.2) is 29.5 Å². The Hall–Kier alpha value is -2.71. The zero-order chi connectivity index (χ0) is 23.3. The number of aliphatic carboxylic acids is 1. The third-order valence-corrected chi connectivity index (χ3v) is 6.37. The summed E-state index contributed by atoms with van der Waals surface area (Å²) < 4.78 is 2.09. The zero-order valence-corrected chi connectivity index (χ0v) is 19.6. The maximum absolute atomic E-state index is 11.7. The van der Waals surface area contributed by atoms with E-state index >= 15 is 0 Å². The van der Waals surface area contributed by atoms with Gasteiger partial charge in [0, 0.05) is 29.4 Å². The third-order valence-electron chi connectivity index (χ3n) is 5.08. The van der Waals surface area contributed by atoms with Gasteiger partial charge in [-0.3, -0.25) is 4.79 Å². The lowest BCUT2D eigenvalue weighted by atomic mass is 9.87. The molecule has 1 atom stereocenters. The van der Waals surface area contributed by atoms with Crippen LogP contribution in [0.25, 0.3) is 0 Å². The van der Waals surface area contributed by atoms with Crippen LogP contribution in [0.3, 0.4) is 0 Å². The molecule has 1 unspecified atom stereocenters. The Labute approximate surface area is 197 Å². The maximum Gasteiger partial charge on any atom is 0.304 e. The second-order valence-electron chi connectivity index (χ2n) is 7.62. The largest absolute Gasteiger partial charge is 0.481 e. The summed E-state index contributed by atoms with van der Waals surface area (Å²) in [4.78, 5) is 12.8. The van der Waals surface area contributed by atoms with Gasteiger partial charge in [-0.25, -0.2) is 10.1 Å². The van der Waals surface area contributed by atoms with E-state index in [1.54, 1.807) is 31.1 Å². The number of carbonyl (C=O) groups is 1. The van der Waals surface area contributed by atoms with E-state index in [2.05, 4.69) is 16.4 Å². The van der Waals surface area contributed by atoms with Gasteiger partial charge in [0.1, 0.15) is 0 Å². The van der Waals surface area contributed by atoms with E-state index in [-0.39, 0.29) is 12.3 Å². The molecule has 0 saturated carbocycles. The highest BCUT2D eigenvalue weighted by Crippen LogP contribution is 2.35. The Morgan fingerprint density at radius 3 is 2.34 bits per heavy atom. The van der Waals surface area contributed by atoms with Crippen LogP contribution in [0.5, 0.6) is 0 Å². The summed E-state index contributed by atoms with van der Waals surface area (Å²) in [5.41, 5.74) is 9.96. The average Bonchev–Trinajstić information content (AvgIpc) is 2.74. The molecule has 0 spiro atoms. The minimum Gasteiger partial charge on any atom is -0.481 e. The van der Waals surface area contributed by atoms with Crippen LogP contribution in [0.15, 0.2) is 71.6 Å². The van der Waals surface area contributed by atoms with E-state index in [0.29, 0.717) is 22.9 Å². The molecule has 3 aromatic carbocycles. The van der Waals surface area contributed by atoms with E-state index in [1.165, 1.54) is 5.01 Å². The summed E-state index contributed by atoms with van der Waals surface area (Å²) in [6, 6.07) is 21.2. The highest BCUT2D eigenvalue weighted by atomic mass is 35.5. The van der Waals surface area contributed by atoms with Crippen molar-refractivity contribution >= 4 is 40.9 Å². The number of carboxylic acids is 1. The number of carboxylic acid groups (broad SMARTS) is 1. The molecule has 0 bridgehead atoms. The lowest BCUT2D eigenvalue weighted by Crippen LogP contribution is -2.26. The molecule has 5 N–H and O–H groups in total. The quantitative estimate of drug-likeness (QED) is 0.176. The number of hydrogen-bond donors (Lipinski definition) is 3. The molecule has 8 heteroatoms. The summed E-state index contributed by atoms with van der Waals surface area (Å²) in [6.45, 7) is 0.602. The van der Waals surface area contributed by atoms with Gasteiger partial charge in [0.2, 0.25) is 0 Å². The van der Waals surface area contributed by atoms with Gasteiger partial charge in [0.15, 0.2) is 0 Å². The standard InChI is InChI=1S/C24H27ClN4O2S/c1-28(32-19-6-4-3-5-7-19)15-18-12-16(8-10-21(18)25)20(14-24(30)31)17-9-11-23(29(2)27)22(26)13-17/h3-13,20H,14-15,26-27H2,1-2H3,(H,30,31). The molecule has 6 nitrogen and oxygen atoms in total. The summed E-state index contributed by atoms with van der Waals surface area (Å²) in [7, 11) is 3.70. The van der Waals surface area contributed by atoms with Crippen molar-refractivity contribution in [3.05, 3.63) is 88.4 Å². The number of benzene rings is 3. The van der Waals surface area contributed by atoms with Crippen molar-refractivity contribution in [3.8, 4) is 0 Å². The van der Waals surface area contributed by atoms with Crippen LogP contribution >= 0.6 is 23.5 Å². The highest BCUT2D eigenvalue weighted by molar-refractivity contribution is 7.97. The Morgan fingerprint density at radius 2 is 1.72 bits per heavy atom. The van der Waals surface area contributed by atoms with Gasteiger partial charge in [-0.05, 0) is 66.0 Å². The molecule has 0 saturated heterocycles. The number of rotatable bonds is 9. The monoisotopic (exact) mass is 470 g/mol. The Balaban J connectivity index is 1.89. The summed E-state index contributed by atoms with van der Waals surface area (Å²) >= 11 is 8.11. The number of hydrazine groups is 1. The zero-order valence-electron chi connectivity index (χ0n) is 18.0. The van der Waals surface area contributed by atoms with Crippen LogP contribution in [0.1, 0.15) is 29.0 Å². The molecule has 0 aliphatic heterocycles. The smallest absolute Gasteiger partial charge is 0.304 e. The van der Waals surface area contributed by atoms with E-state index in [0.717, 1.165) is 21.6 Å². The van der Waals surface area contributed by atoms with Gasteiger partial charge < -0.3 is 15.8 Å². The first-order valence-corrected chi connectivity index (χ1v) is 11.2. The fourth-order valence-electron chi connectivity index (χ4n) is 3.58. The lowest BCUT2D eigenvalue weighted by Gasteiger charge is -2.22. The van der Waals surface area contributed by atoms with E-state index in [1.807, 2.05) is 49.5 Å². The van der Waals surface area contributed by atoms with Gasteiger partial charge in [-0.1, -0.05) is 48.0 Å². The normalized spacial score (nSPS) is 12.0. The molecule has 0 aliphatic carbocycles. The van der Waals surface area contributed by atoms with Crippen LogP contribution in [0, 0.1) is 0 Å². The minimum absolute atomic E-state index is 0.0626. The van der Waals surface area contributed by atoms with E-state index in [4.69, 9.17) is 23.2 Å². The van der Waals surface area contributed by atoms with Crippen molar-refractivity contribution in [3.63, 3.8) is 0 Å². The highest BCUT2D eigenvalue weighted by Gasteiger charge is 2.21. The predicted molar refractivity (Wildman–Crippen MR) is 133 cm³/mol. The first-order chi connectivity index (χ1) is 15.2. The molecule has 0 aromatic heterocycles. The SMILES string of the molecule is CN(Cc1cc(C(CC(=O)O)c2ccc(N(C)N)c(N)c2)ccc1Cl)Sc1ccccc1. The number of hydrogen-bond acceptors (Lipinski definition) is 6. The van der Waals surface area contributed by atoms with Crippen LogP contribution < -0.4 is 16.6 Å². The summed E-state index contributed by atoms with van der Waals surface area (Å²) in [5.74, 6) is 4.56. The number of anilines is 2. The molecule has 3 rings (SSSR count). The molecular formula is C24H27ClN4O2S. The van der Waals surface area contributed by atoms with E-state index < -0.39 is 5.97 Å². The fraction of sp³-hybridized carbons (Fsp3) is 0.208. The maximum atomic E-state index is 11.7. The number of nitrogens with two attached hydrogens (primary N) is 2. The fourth-order valence-corrected chi connectivity index (χ4v) is 4.60. The molecule has 0 fully saturated rings. The van der Waals surface area contributed by atoms with Crippen LogP contribution in [0.2, 0.25) is 5.02 Å². The topological polar surface area (TPSA) is 95.8 Å². The molecular weight excluding hydrogens is 444 g/mol. The first-order valence-electron chi connectivity index (χ1n) is 10.1. The van der Waals surface area contributed by atoms with Crippen molar-refractivity contribution in [2.75, 3.05) is 24.8 Å². The van der Waals surface area contributed by atoms with Crippen molar-refractivity contribution in [2.24, 2.45) is 5.84 Å².